The topological polar surface area (TPSA) is 32.3 Å². The zero-order valence-electron chi connectivity index (χ0n) is 10.5. The van der Waals surface area contributed by atoms with Gasteiger partial charge in [0.25, 0.3) is 0 Å². The van der Waals surface area contributed by atoms with Crippen LogP contribution in [0.25, 0.3) is 0 Å². The zero-order chi connectivity index (χ0) is 12.8. The molecule has 0 aromatic heterocycles. The summed E-state index contributed by atoms with van der Waals surface area (Å²) >= 11 is 1.45. The maximum Gasteiger partial charge on any atom is 0.137 e. The summed E-state index contributed by atoms with van der Waals surface area (Å²) in [5, 5.41) is 12.0. The molecule has 2 unspecified atom stereocenters. The molecule has 1 rings (SSSR count). The number of hydrogen-bond donors (Lipinski definition) is 2. The molecule has 1 aromatic carbocycles. The van der Waals surface area contributed by atoms with E-state index in [1.54, 1.807) is 6.07 Å². The minimum absolute atomic E-state index is 0.142. The lowest BCUT2D eigenvalue weighted by Crippen LogP contribution is -2.12. The van der Waals surface area contributed by atoms with Gasteiger partial charge < -0.3 is 10.4 Å². The highest BCUT2D eigenvalue weighted by Crippen LogP contribution is 2.26. The third-order valence-corrected chi connectivity index (χ3v) is 4.10. The number of aliphatic hydroxyl groups excluding tert-OH is 1. The highest BCUT2D eigenvalue weighted by atomic mass is 32.2. The van der Waals surface area contributed by atoms with Crippen molar-refractivity contribution in [1.29, 1.82) is 0 Å². The maximum absolute atomic E-state index is 13.8. The number of benzene rings is 1. The standard InChI is InChI=1S/C13H20FNOS/c1-9(7-16)8-17-13-5-4-11(6-12(13)14)10(2)15-3/h4-6,9-10,15-16H,7-8H2,1-3H3. The number of nitrogens with one attached hydrogen (secondary N) is 1. The monoisotopic (exact) mass is 257 g/mol. The molecule has 0 fully saturated rings. The fourth-order valence-corrected chi connectivity index (χ4v) is 2.29. The Morgan fingerprint density at radius 2 is 2.12 bits per heavy atom. The Labute approximate surface area is 107 Å². The van der Waals surface area contributed by atoms with Crippen molar-refractivity contribution in [3.63, 3.8) is 0 Å². The summed E-state index contributed by atoms with van der Waals surface area (Å²) in [7, 11) is 1.86. The number of rotatable bonds is 6. The van der Waals surface area contributed by atoms with Crippen LogP contribution in [0.2, 0.25) is 0 Å². The van der Waals surface area contributed by atoms with Crippen molar-refractivity contribution in [2.75, 3.05) is 19.4 Å². The fourth-order valence-electron chi connectivity index (χ4n) is 1.35. The lowest BCUT2D eigenvalue weighted by Gasteiger charge is -2.13. The van der Waals surface area contributed by atoms with Crippen molar-refractivity contribution in [2.24, 2.45) is 5.92 Å². The van der Waals surface area contributed by atoms with Gasteiger partial charge in [0.1, 0.15) is 5.82 Å². The van der Waals surface area contributed by atoms with E-state index >= 15 is 0 Å². The van der Waals surface area contributed by atoms with E-state index in [9.17, 15) is 4.39 Å². The van der Waals surface area contributed by atoms with E-state index in [0.29, 0.717) is 4.90 Å². The number of halogens is 1. The van der Waals surface area contributed by atoms with Crippen LogP contribution in [-0.4, -0.2) is 24.5 Å². The van der Waals surface area contributed by atoms with Crippen LogP contribution in [0.3, 0.4) is 0 Å². The quantitative estimate of drug-likeness (QED) is 0.769. The second-order valence-corrected chi connectivity index (χ2v) is 5.36. The molecule has 4 heteroatoms. The number of hydrogen-bond acceptors (Lipinski definition) is 3. The maximum atomic E-state index is 13.8. The summed E-state index contributed by atoms with van der Waals surface area (Å²) in [6.45, 7) is 4.08. The Morgan fingerprint density at radius 3 is 2.65 bits per heavy atom. The van der Waals surface area contributed by atoms with Crippen LogP contribution in [0.1, 0.15) is 25.5 Å². The molecule has 2 N–H and O–H groups in total. The fraction of sp³-hybridized carbons (Fsp3) is 0.538. The Morgan fingerprint density at radius 1 is 1.41 bits per heavy atom. The first kappa shape index (κ1) is 14.5. The second kappa shape index (κ2) is 6.99. The molecule has 0 radical (unpaired) electrons. The van der Waals surface area contributed by atoms with Crippen molar-refractivity contribution < 1.29 is 9.50 Å². The molecule has 0 saturated heterocycles. The average molecular weight is 257 g/mol. The minimum Gasteiger partial charge on any atom is -0.396 e. The van der Waals surface area contributed by atoms with Crippen LogP contribution in [0.4, 0.5) is 4.39 Å². The lowest BCUT2D eigenvalue weighted by molar-refractivity contribution is 0.250. The van der Waals surface area contributed by atoms with Crippen LogP contribution in [-0.2, 0) is 0 Å². The molecule has 2 nitrogen and oxygen atoms in total. The van der Waals surface area contributed by atoms with Crippen molar-refractivity contribution >= 4 is 11.8 Å². The first-order valence-corrected chi connectivity index (χ1v) is 6.77. The summed E-state index contributed by atoms with van der Waals surface area (Å²) in [5.41, 5.74) is 0.949. The third kappa shape index (κ3) is 4.30. The predicted octanol–water partition coefficient (Wildman–Crippen LogP) is 2.83. The lowest BCUT2D eigenvalue weighted by atomic mass is 10.1. The predicted molar refractivity (Wildman–Crippen MR) is 70.8 cm³/mol. The minimum atomic E-state index is -0.181. The van der Waals surface area contributed by atoms with Crippen LogP contribution in [0.5, 0.6) is 0 Å². The van der Waals surface area contributed by atoms with Gasteiger partial charge in [-0.3, -0.25) is 0 Å². The van der Waals surface area contributed by atoms with Gasteiger partial charge in [-0.05, 0) is 37.6 Å². The van der Waals surface area contributed by atoms with Gasteiger partial charge in [-0.2, -0.15) is 0 Å². The Kier molecular flexibility index (Phi) is 5.95. The zero-order valence-corrected chi connectivity index (χ0v) is 11.4. The molecule has 0 bridgehead atoms. The Balaban J connectivity index is 2.69. The normalized spacial score (nSPS) is 14.6. The highest BCUT2D eigenvalue weighted by Gasteiger charge is 2.09. The molecule has 0 heterocycles. The molecule has 0 amide bonds. The van der Waals surface area contributed by atoms with Gasteiger partial charge in [0, 0.05) is 23.3 Å². The van der Waals surface area contributed by atoms with Crippen LogP contribution in [0, 0.1) is 11.7 Å². The molecular formula is C13H20FNOS. The van der Waals surface area contributed by atoms with E-state index in [4.69, 9.17) is 5.11 Å². The van der Waals surface area contributed by atoms with Gasteiger partial charge in [0.15, 0.2) is 0 Å². The average Bonchev–Trinajstić information content (AvgIpc) is 2.35. The van der Waals surface area contributed by atoms with Crippen LogP contribution >= 0.6 is 11.8 Å². The van der Waals surface area contributed by atoms with Gasteiger partial charge in [-0.25, -0.2) is 4.39 Å². The smallest absolute Gasteiger partial charge is 0.137 e. The van der Waals surface area contributed by atoms with Gasteiger partial charge in [0.2, 0.25) is 0 Å². The first-order valence-electron chi connectivity index (χ1n) is 5.78. The van der Waals surface area contributed by atoms with E-state index in [1.807, 2.05) is 33.0 Å². The molecule has 2 atom stereocenters. The van der Waals surface area contributed by atoms with Gasteiger partial charge in [-0.1, -0.05) is 13.0 Å². The summed E-state index contributed by atoms with van der Waals surface area (Å²) < 4.78 is 13.8. The molecule has 0 aliphatic carbocycles. The van der Waals surface area contributed by atoms with Crippen molar-refractivity contribution in [3.8, 4) is 0 Å². The van der Waals surface area contributed by atoms with Gasteiger partial charge in [-0.15, -0.1) is 11.8 Å². The van der Waals surface area contributed by atoms with E-state index in [0.717, 1.165) is 11.3 Å². The summed E-state index contributed by atoms with van der Waals surface area (Å²) in [6, 6.07) is 5.48. The van der Waals surface area contributed by atoms with Crippen molar-refractivity contribution in [1.82, 2.24) is 5.32 Å². The SMILES string of the molecule is CNC(C)c1ccc(SCC(C)CO)c(F)c1. The van der Waals surface area contributed by atoms with E-state index in [1.165, 1.54) is 11.8 Å². The van der Waals surface area contributed by atoms with Gasteiger partial charge in [0.05, 0.1) is 0 Å². The number of thioether (sulfide) groups is 1. The Hall–Kier alpha value is -0.580. The molecule has 1 aromatic rings. The largest absolute Gasteiger partial charge is 0.396 e. The molecule has 0 aliphatic heterocycles. The van der Waals surface area contributed by atoms with E-state index in [-0.39, 0.29) is 24.4 Å². The van der Waals surface area contributed by atoms with Crippen LogP contribution in [0.15, 0.2) is 23.1 Å². The molecule has 96 valence electrons. The second-order valence-electron chi connectivity index (χ2n) is 4.30. The van der Waals surface area contributed by atoms with E-state index in [2.05, 4.69) is 5.32 Å². The summed E-state index contributed by atoms with van der Waals surface area (Å²) in [6.07, 6.45) is 0. The van der Waals surface area contributed by atoms with Crippen molar-refractivity contribution in [2.45, 2.75) is 24.8 Å². The van der Waals surface area contributed by atoms with Gasteiger partial charge >= 0.3 is 0 Å². The van der Waals surface area contributed by atoms with Crippen LogP contribution < -0.4 is 5.32 Å². The first-order chi connectivity index (χ1) is 8.08. The number of aliphatic hydroxyl groups is 1. The summed E-state index contributed by atoms with van der Waals surface area (Å²) in [4.78, 5) is 0.650. The van der Waals surface area contributed by atoms with Crippen molar-refractivity contribution in [3.05, 3.63) is 29.6 Å². The van der Waals surface area contributed by atoms with E-state index < -0.39 is 0 Å². The molecule has 17 heavy (non-hydrogen) atoms. The molecule has 0 aliphatic rings. The summed E-state index contributed by atoms with van der Waals surface area (Å²) in [5.74, 6) is 0.740. The Bertz CT molecular complexity index is 359. The third-order valence-electron chi connectivity index (χ3n) is 2.72. The molecule has 0 saturated carbocycles. The molecule has 0 spiro atoms. The highest BCUT2D eigenvalue weighted by molar-refractivity contribution is 7.99. The molecular weight excluding hydrogens is 237 g/mol.